The van der Waals surface area contributed by atoms with Gasteiger partial charge in [-0.2, -0.15) is 0 Å². The molecule has 0 atom stereocenters. The van der Waals surface area contributed by atoms with Crippen LogP contribution in [0.1, 0.15) is 0 Å². The topological polar surface area (TPSA) is 24.6 Å². The summed E-state index contributed by atoms with van der Waals surface area (Å²) >= 11 is 0. The number of para-hydroxylation sites is 4. The van der Waals surface area contributed by atoms with Gasteiger partial charge in [0.15, 0.2) is 0 Å². The average Bonchev–Trinajstić information content (AvgIpc) is 3.82. The average molecular weight is 744 g/mol. The summed E-state index contributed by atoms with van der Waals surface area (Å²) < 4.78 is 8.89. The van der Waals surface area contributed by atoms with Gasteiger partial charge in [0.05, 0.1) is 11.0 Å². The highest BCUT2D eigenvalue weighted by molar-refractivity contribution is 6.17. The van der Waals surface area contributed by atoms with Crippen LogP contribution in [0.2, 0.25) is 0 Å². The zero-order valence-electron chi connectivity index (χ0n) is 31.6. The number of fused-ring (bicyclic) bond motifs is 6. The molecule has 0 aliphatic rings. The van der Waals surface area contributed by atoms with E-state index in [1.807, 2.05) is 6.07 Å². The van der Waals surface area contributed by atoms with Crippen molar-refractivity contribution in [3.63, 3.8) is 0 Å². The number of aromatic nitrogens is 1. The molecule has 2 heterocycles. The Morgan fingerprint density at radius 2 is 0.759 bits per heavy atom. The summed E-state index contributed by atoms with van der Waals surface area (Å²) in [4.78, 5) is 4.64. The van der Waals surface area contributed by atoms with Crippen molar-refractivity contribution in [2.45, 2.75) is 0 Å². The normalized spacial score (nSPS) is 11.4. The Hall–Kier alpha value is -7.82. The lowest BCUT2D eigenvalue weighted by Crippen LogP contribution is -2.10. The van der Waals surface area contributed by atoms with E-state index in [2.05, 4.69) is 233 Å². The largest absolute Gasteiger partial charge is 0.456 e. The number of furan rings is 1. The molecule has 0 radical (unpaired) electrons. The fourth-order valence-corrected chi connectivity index (χ4v) is 8.45. The molecule has 0 unspecified atom stereocenters. The Bertz CT molecular complexity index is 3150. The van der Waals surface area contributed by atoms with Crippen LogP contribution in [0.5, 0.6) is 0 Å². The van der Waals surface area contributed by atoms with E-state index in [1.165, 1.54) is 11.1 Å². The second-order valence-corrected chi connectivity index (χ2v) is 14.6. The van der Waals surface area contributed by atoms with Crippen molar-refractivity contribution in [1.82, 2.24) is 4.57 Å². The van der Waals surface area contributed by atoms with Crippen LogP contribution in [-0.2, 0) is 0 Å². The minimum Gasteiger partial charge on any atom is -0.456 e. The van der Waals surface area contributed by atoms with Crippen LogP contribution in [0.15, 0.2) is 229 Å². The van der Waals surface area contributed by atoms with Gasteiger partial charge in [0.1, 0.15) is 11.2 Å². The molecule has 0 spiro atoms. The van der Waals surface area contributed by atoms with Crippen molar-refractivity contribution < 1.29 is 4.42 Å². The van der Waals surface area contributed by atoms with Gasteiger partial charge in [0.2, 0.25) is 0 Å². The zero-order valence-corrected chi connectivity index (χ0v) is 31.6. The maximum atomic E-state index is 6.49. The molecule has 11 rings (SSSR count). The van der Waals surface area contributed by atoms with E-state index in [4.69, 9.17) is 4.42 Å². The highest BCUT2D eigenvalue weighted by Gasteiger charge is 2.20. The van der Waals surface area contributed by atoms with E-state index < -0.39 is 0 Å². The van der Waals surface area contributed by atoms with Gasteiger partial charge in [-0.1, -0.05) is 115 Å². The first-order valence-corrected chi connectivity index (χ1v) is 19.7. The van der Waals surface area contributed by atoms with Gasteiger partial charge in [-0.05, 0) is 120 Å². The van der Waals surface area contributed by atoms with Gasteiger partial charge in [-0.25, -0.2) is 0 Å². The number of benzene rings is 9. The monoisotopic (exact) mass is 743 g/mol. The Labute approximate surface area is 336 Å². The third-order valence-corrected chi connectivity index (χ3v) is 11.1. The number of hydrogen-bond donors (Lipinski definition) is 0. The van der Waals surface area contributed by atoms with Gasteiger partial charge in [-0.15, -0.1) is 0 Å². The summed E-state index contributed by atoms with van der Waals surface area (Å²) in [5, 5.41) is 4.50. The number of nitrogens with zero attached hydrogens (tertiary/aromatic N) is 3. The molecule has 0 aliphatic heterocycles. The van der Waals surface area contributed by atoms with Crippen molar-refractivity contribution in [2.24, 2.45) is 0 Å². The summed E-state index contributed by atoms with van der Waals surface area (Å²) in [6.45, 7) is 0. The molecule has 2 aromatic heterocycles. The van der Waals surface area contributed by atoms with Crippen LogP contribution in [0, 0.1) is 0 Å². The van der Waals surface area contributed by atoms with Crippen LogP contribution in [0.4, 0.5) is 34.1 Å². The molecule has 4 nitrogen and oxygen atoms in total. The summed E-state index contributed by atoms with van der Waals surface area (Å²) in [6, 6.07) is 79.7. The number of hydrogen-bond acceptors (Lipinski definition) is 3. The predicted octanol–water partition coefficient (Wildman–Crippen LogP) is 15.3. The second kappa shape index (κ2) is 14.0. The first-order valence-electron chi connectivity index (χ1n) is 19.7. The van der Waals surface area contributed by atoms with Gasteiger partial charge in [-0.3, -0.25) is 0 Å². The number of anilines is 6. The minimum absolute atomic E-state index is 0.881. The minimum atomic E-state index is 0.881. The second-order valence-electron chi connectivity index (χ2n) is 14.6. The van der Waals surface area contributed by atoms with Gasteiger partial charge in [0, 0.05) is 61.4 Å². The molecule has 0 amide bonds. The Kier molecular flexibility index (Phi) is 8.11. The van der Waals surface area contributed by atoms with E-state index in [0.29, 0.717) is 0 Å². The molecule has 0 saturated heterocycles. The molecule has 4 heteroatoms. The molecule has 0 aliphatic carbocycles. The highest BCUT2D eigenvalue weighted by Crippen LogP contribution is 2.43. The van der Waals surface area contributed by atoms with Crippen molar-refractivity contribution in [3.8, 4) is 16.8 Å². The summed E-state index contributed by atoms with van der Waals surface area (Å²) in [5.41, 5.74) is 14.1. The van der Waals surface area contributed by atoms with Crippen molar-refractivity contribution >= 4 is 77.9 Å². The molecule has 9 aromatic carbocycles. The third-order valence-electron chi connectivity index (χ3n) is 11.1. The lowest BCUT2D eigenvalue weighted by Gasteiger charge is -2.26. The molecule has 58 heavy (non-hydrogen) atoms. The van der Waals surface area contributed by atoms with E-state index in [-0.39, 0.29) is 0 Å². The third kappa shape index (κ3) is 5.78. The first-order chi connectivity index (χ1) is 28.8. The molecule has 0 saturated carbocycles. The molecular formula is C54H37N3O. The summed E-state index contributed by atoms with van der Waals surface area (Å²) in [5.74, 6) is 0. The van der Waals surface area contributed by atoms with Crippen LogP contribution in [-0.4, -0.2) is 4.57 Å². The maximum Gasteiger partial charge on any atom is 0.136 e. The molecule has 0 bridgehead atoms. The van der Waals surface area contributed by atoms with Crippen LogP contribution in [0.25, 0.3) is 60.6 Å². The lowest BCUT2D eigenvalue weighted by molar-refractivity contribution is 0.669. The smallest absolute Gasteiger partial charge is 0.136 e. The standard InChI is InChI=1S/C54H37N3O/c1-5-15-38(16-6-1)39-25-27-43(28-26-39)56(42-21-11-4-12-22-42)46-33-34-51-48(35-46)49-37-54-50(47-23-13-14-24-53(47)58-54)36-52(49)57(51)45-31-29-44(30-32-45)55(40-17-7-2-8-18-40)41-19-9-3-10-20-41/h1-37H. The number of rotatable bonds is 8. The van der Waals surface area contributed by atoms with Gasteiger partial charge < -0.3 is 18.8 Å². The molecule has 274 valence electrons. The first kappa shape index (κ1) is 33.5. The predicted molar refractivity (Wildman–Crippen MR) is 243 cm³/mol. The summed E-state index contributed by atoms with van der Waals surface area (Å²) in [6.07, 6.45) is 0. The van der Waals surface area contributed by atoms with Crippen molar-refractivity contribution in [3.05, 3.63) is 224 Å². The Morgan fingerprint density at radius 1 is 0.293 bits per heavy atom. The fraction of sp³-hybridized carbons (Fsp3) is 0. The Balaban J connectivity index is 1.09. The van der Waals surface area contributed by atoms with Gasteiger partial charge >= 0.3 is 0 Å². The van der Waals surface area contributed by atoms with Gasteiger partial charge in [0.25, 0.3) is 0 Å². The van der Waals surface area contributed by atoms with Crippen molar-refractivity contribution in [2.75, 3.05) is 9.80 Å². The highest BCUT2D eigenvalue weighted by atomic mass is 16.3. The van der Waals surface area contributed by atoms with E-state index in [9.17, 15) is 0 Å². The summed E-state index contributed by atoms with van der Waals surface area (Å²) in [7, 11) is 0. The SMILES string of the molecule is c1ccc(-c2ccc(N(c3ccccc3)c3ccc4c(c3)c3cc5oc6ccccc6c5cc3n4-c3ccc(N(c4ccccc4)c4ccccc4)cc3)cc2)cc1. The molecule has 11 aromatic rings. The van der Waals surface area contributed by atoms with Crippen LogP contribution in [0.3, 0.4) is 0 Å². The lowest BCUT2D eigenvalue weighted by atomic mass is 10.0. The maximum absolute atomic E-state index is 6.49. The van der Waals surface area contributed by atoms with E-state index in [0.717, 1.165) is 83.6 Å². The van der Waals surface area contributed by atoms with Crippen molar-refractivity contribution in [1.29, 1.82) is 0 Å². The quantitative estimate of drug-likeness (QED) is 0.155. The van der Waals surface area contributed by atoms with Crippen LogP contribution < -0.4 is 9.80 Å². The fourth-order valence-electron chi connectivity index (χ4n) is 8.45. The van der Waals surface area contributed by atoms with Crippen LogP contribution >= 0.6 is 0 Å². The van der Waals surface area contributed by atoms with E-state index >= 15 is 0 Å². The van der Waals surface area contributed by atoms with E-state index in [1.54, 1.807) is 0 Å². The zero-order chi connectivity index (χ0) is 38.4. The molecule has 0 fully saturated rings. The Morgan fingerprint density at radius 3 is 1.38 bits per heavy atom. The molecule has 0 N–H and O–H groups in total. The molecular weight excluding hydrogens is 707 g/mol.